The molecule has 0 aromatic heterocycles. The van der Waals surface area contributed by atoms with Crippen LogP contribution in [0.4, 0.5) is 5.69 Å². The third-order valence-electron chi connectivity index (χ3n) is 3.58. The van der Waals surface area contributed by atoms with Gasteiger partial charge in [0.2, 0.25) is 5.91 Å². The number of nitrogens with two attached hydrogens (primary N) is 1. The standard InChI is InChI=1S/C15H20N2O3/c1-10(16)3-2-4-14(18)17-8-7-11-5-6-12(15(19)20)9-13(11)17/h5-6,9-10H,2-4,7-8,16H2,1H3,(H,19,20). The van der Waals surface area contributed by atoms with Gasteiger partial charge in [0.25, 0.3) is 0 Å². The molecule has 0 radical (unpaired) electrons. The number of nitrogens with zero attached hydrogens (tertiary/aromatic N) is 1. The lowest BCUT2D eigenvalue weighted by Gasteiger charge is -2.18. The van der Waals surface area contributed by atoms with Gasteiger partial charge < -0.3 is 15.7 Å². The first kappa shape index (κ1) is 14.5. The number of fused-ring (bicyclic) bond motifs is 1. The van der Waals surface area contributed by atoms with Gasteiger partial charge in [0.1, 0.15) is 0 Å². The molecule has 1 aromatic rings. The highest BCUT2D eigenvalue weighted by atomic mass is 16.4. The maximum absolute atomic E-state index is 12.2. The molecule has 2 rings (SSSR count). The Kier molecular flexibility index (Phi) is 4.39. The van der Waals surface area contributed by atoms with E-state index in [4.69, 9.17) is 10.8 Å². The van der Waals surface area contributed by atoms with Crippen molar-refractivity contribution in [1.82, 2.24) is 0 Å². The normalized spacial score (nSPS) is 15.0. The second-order valence-electron chi connectivity index (χ2n) is 5.31. The van der Waals surface area contributed by atoms with Crippen LogP contribution in [0.1, 0.15) is 42.1 Å². The first-order chi connectivity index (χ1) is 9.49. The largest absolute Gasteiger partial charge is 0.478 e. The number of anilines is 1. The number of carboxylic acid groups (broad SMARTS) is 1. The molecular formula is C15H20N2O3. The van der Waals surface area contributed by atoms with Crippen molar-refractivity contribution < 1.29 is 14.7 Å². The number of amides is 1. The Morgan fingerprint density at radius 1 is 1.45 bits per heavy atom. The predicted molar refractivity (Wildman–Crippen MR) is 77.0 cm³/mol. The zero-order valence-electron chi connectivity index (χ0n) is 11.6. The van der Waals surface area contributed by atoms with Crippen molar-refractivity contribution in [1.29, 1.82) is 0 Å². The third-order valence-corrected chi connectivity index (χ3v) is 3.58. The van der Waals surface area contributed by atoms with Crippen molar-refractivity contribution in [3.05, 3.63) is 29.3 Å². The topological polar surface area (TPSA) is 83.6 Å². The molecule has 1 aromatic carbocycles. The highest BCUT2D eigenvalue weighted by Crippen LogP contribution is 2.29. The van der Waals surface area contributed by atoms with Crippen LogP contribution in [0.15, 0.2) is 18.2 Å². The van der Waals surface area contributed by atoms with Gasteiger partial charge in [-0.25, -0.2) is 4.79 Å². The minimum absolute atomic E-state index is 0.0481. The number of carboxylic acids is 1. The lowest BCUT2D eigenvalue weighted by Crippen LogP contribution is -2.29. The second-order valence-corrected chi connectivity index (χ2v) is 5.31. The molecule has 0 fully saturated rings. The number of rotatable bonds is 5. The third kappa shape index (κ3) is 3.17. The van der Waals surface area contributed by atoms with Gasteiger partial charge in [-0.05, 0) is 43.9 Å². The van der Waals surface area contributed by atoms with Gasteiger partial charge in [0, 0.05) is 24.7 Å². The molecule has 3 N–H and O–H groups in total. The summed E-state index contributed by atoms with van der Waals surface area (Å²) in [5.41, 5.74) is 7.68. The molecule has 5 heteroatoms. The highest BCUT2D eigenvalue weighted by molar-refractivity contribution is 5.97. The Hall–Kier alpha value is -1.88. The molecule has 1 amide bonds. The molecule has 108 valence electrons. The predicted octanol–water partition coefficient (Wildman–Crippen LogP) is 1.79. The molecule has 1 atom stereocenters. The minimum atomic E-state index is -0.968. The fourth-order valence-corrected chi connectivity index (χ4v) is 2.48. The molecule has 0 aliphatic carbocycles. The van der Waals surface area contributed by atoms with Crippen LogP contribution in [-0.4, -0.2) is 29.6 Å². The van der Waals surface area contributed by atoms with Crippen molar-refractivity contribution >= 4 is 17.6 Å². The molecule has 0 saturated heterocycles. The number of hydrogen-bond donors (Lipinski definition) is 2. The summed E-state index contributed by atoms with van der Waals surface area (Å²) in [7, 11) is 0. The Morgan fingerprint density at radius 3 is 2.85 bits per heavy atom. The Morgan fingerprint density at radius 2 is 2.20 bits per heavy atom. The molecular weight excluding hydrogens is 256 g/mol. The molecule has 20 heavy (non-hydrogen) atoms. The summed E-state index contributed by atoms with van der Waals surface area (Å²) in [5, 5.41) is 9.03. The maximum atomic E-state index is 12.2. The summed E-state index contributed by atoms with van der Waals surface area (Å²) >= 11 is 0. The van der Waals surface area contributed by atoms with E-state index in [1.165, 1.54) is 0 Å². The zero-order valence-corrected chi connectivity index (χ0v) is 11.6. The number of hydrogen-bond acceptors (Lipinski definition) is 3. The molecule has 1 unspecified atom stereocenters. The van der Waals surface area contributed by atoms with Gasteiger partial charge in [-0.1, -0.05) is 6.07 Å². The van der Waals surface area contributed by atoms with Crippen LogP contribution < -0.4 is 10.6 Å². The van der Waals surface area contributed by atoms with E-state index < -0.39 is 5.97 Å². The maximum Gasteiger partial charge on any atom is 0.335 e. The van der Waals surface area contributed by atoms with Crippen LogP contribution in [0.25, 0.3) is 0 Å². The van der Waals surface area contributed by atoms with E-state index in [2.05, 4.69) is 0 Å². The first-order valence-electron chi connectivity index (χ1n) is 6.91. The summed E-state index contributed by atoms with van der Waals surface area (Å²) in [6.45, 7) is 2.56. The van der Waals surface area contributed by atoms with Crippen LogP contribution in [-0.2, 0) is 11.2 Å². The summed E-state index contributed by atoms with van der Waals surface area (Å²) < 4.78 is 0. The van der Waals surface area contributed by atoms with Gasteiger partial charge in [-0.15, -0.1) is 0 Å². The van der Waals surface area contributed by atoms with Crippen molar-refractivity contribution in [3.8, 4) is 0 Å². The Labute approximate surface area is 118 Å². The molecule has 0 bridgehead atoms. The van der Waals surface area contributed by atoms with E-state index in [9.17, 15) is 9.59 Å². The van der Waals surface area contributed by atoms with Crippen molar-refractivity contribution in [2.75, 3.05) is 11.4 Å². The SMILES string of the molecule is CC(N)CCCC(=O)N1CCc2ccc(C(=O)O)cc21. The lowest BCUT2D eigenvalue weighted by molar-refractivity contribution is -0.118. The van der Waals surface area contributed by atoms with Crippen LogP contribution in [0.5, 0.6) is 0 Å². The Balaban J connectivity index is 2.08. The fourth-order valence-electron chi connectivity index (χ4n) is 2.48. The smallest absolute Gasteiger partial charge is 0.335 e. The molecule has 1 aliphatic heterocycles. The van der Waals surface area contributed by atoms with Gasteiger partial charge in [0.05, 0.1) is 5.56 Å². The van der Waals surface area contributed by atoms with Crippen LogP contribution in [0.3, 0.4) is 0 Å². The molecule has 1 aliphatic rings. The number of aromatic carboxylic acids is 1. The summed E-state index contributed by atoms with van der Waals surface area (Å²) in [4.78, 5) is 24.9. The quantitative estimate of drug-likeness (QED) is 0.858. The van der Waals surface area contributed by atoms with Crippen molar-refractivity contribution in [2.45, 2.75) is 38.6 Å². The minimum Gasteiger partial charge on any atom is -0.478 e. The summed E-state index contributed by atoms with van der Waals surface area (Å²) in [6.07, 6.45) is 2.83. The average Bonchev–Trinajstić information content (AvgIpc) is 2.80. The summed E-state index contributed by atoms with van der Waals surface area (Å²) in [5.74, 6) is -0.920. The lowest BCUT2D eigenvalue weighted by atomic mass is 10.1. The first-order valence-corrected chi connectivity index (χ1v) is 6.91. The molecule has 1 heterocycles. The van der Waals surface area contributed by atoms with Crippen LogP contribution >= 0.6 is 0 Å². The molecule has 0 saturated carbocycles. The molecule has 0 spiro atoms. The number of carbonyl (C=O) groups is 2. The monoisotopic (exact) mass is 276 g/mol. The van der Waals surface area contributed by atoms with E-state index >= 15 is 0 Å². The van der Waals surface area contributed by atoms with Crippen molar-refractivity contribution in [3.63, 3.8) is 0 Å². The van der Waals surface area contributed by atoms with Crippen LogP contribution in [0.2, 0.25) is 0 Å². The van der Waals surface area contributed by atoms with E-state index in [1.54, 1.807) is 23.1 Å². The fraction of sp³-hybridized carbons (Fsp3) is 0.467. The Bertz CT molecular complexity index is 526. The van der Waals surface area contributed by atoms with Gasteiger partial charge in [-0.3, -0.25) is 4.79 Å². The number of carbonyl (C=O) groups excluding carboxylic acids is 1. The summed E-state index contributed by atoms with van der Waals surface area (Å²) in [6, 6.07) is 5.08. The van der Waals surface area contributed by atoms with Crippen LogP contribution in [0, 0.1) is 0 Å². The van der Waals surface area contributed by atoms with Gasteiger partial charge >= 0.3 is 5.97 Å². The van der Waals surface area contributed by atoms with E-state index in [-0.39, 0.29) is 17.5 Å². The second kappa shape index (κ2) is 6.05. The number of benzene rings is 1. The van der Waals surface area contributed by atoms with Gasteiger partial charge in [0.15, 0.2) is 0 Å². The van der Waals surface area contributed by atoms with E-state index in [0.717, 1.165) is 30.5 Å². The van der Waals surface area contributed by atoms with E-state index in [1.807, 2.05) is 6.92 Å². The zero-order chi connectivity index (χ0) is 14.7. The van der Waals surface area contributed by atoms with E-state index in [0.29, 0.717) is 13.0 Å². The van der Waals surface area contributed by atoms with Crippen molar-refractivity contribution in [2.24, 2.45) is 5.73 Å². The molecule has 5 nitrogen and oxygen atoms in total. The highest BCUT2D eigenvalue weighted by Gasteiger charge is 2.25. The average molecular weight is 276 g/mol. The van der Waals surface area contributed by atoms with Gasteiger partial charge in [-0.2, -0.15) is 0 Å².